The summed E-state index contributed by atoms with van der Waals surface area (Å²) in [7, 11) is -0.713. The number of rotatable bonds is 12. The van der Waals surface area contributed by atoms with Crippen LogP contribution in [-0.2, 0) is 28.2 Å². The van der Waals surface area contributed by atoms with E-state index < -0.39 is 13.7 Å². The number of ether oxygens (including phenoxy) is 2. The monoisotopic (exact) mass is 839 g/mol. The Labute approximate surface area is 362 Å². The van der Waals surface area contributed by atoms with Gasteiger partial charge in [-0.15, -0.1) is 5.10 Å². The number of anilines is 3. The third-order valence-electron chi connectivity index (χ3n) is 13.8. The van der Waals surface area contributed by atoms with Crippen LogP contribution >= 0.6 is 0 Å². The van der Waals surface area contributed by atoms with Gasteiger partial charge < -0.3 is 19.5 Å². The molecule has 4 heterocycles. The van der Waals surface area contributed by atoms with Crippen LogP contribution in [0.4, 0.5) is 17.1 Å². The molecular formula is C51H49N5O5Si. The molecule has 7 aromatic rings. The van der Waals surface area contributed by atoms with Crippen molar-refractivity contribution >= 4 is 52.9 Å². The maximum Gasteiger partial charge on any atom is 0.264 e. The molecule has 0 radical (unpaired) electrons. The second-order valence-corrected chi connectivity index (χ2v) is 22.1. The van der Waals surface area contributed by atoms with Crippen molar-refractivity contribution in [3.8, 4) is 5.75 Å². The summed E-state index contributed by atoms with van der Waals surface area (Å²) >= 11 is 0. The van der Waals surface area contributed by atoms with Crippen molar-refractivity contribution in [2.75, 3.05) is 23.5 Å². The number of aromatic nitrogens is 3. The summed E-state index contributed by atoms with van der Waals surface area (Å²) in [5.74, 6) is 0.207. The molecule has 0 aliphatic carbocycles. The minimum atomic E-state index is -2.39. The molecule has 3 aliphatic heterocycles. The van der Waals surface area contributed by atoms with Crippen LogP contribution in [0.5, 0.6) is 5.75 Å². The molecule has 0 saturated carbocycles. The van der Waals surface area contributed by atoms with E-state index in [9.17, 15) is 9.90 Å². The molecule has 10 nitrogen and oxygen atoms in total. The zero-order valence-electron chi connectivity index (χ0n) is 35.3. The van der Waals surface area contributed by atoms with E-state index in [4.69, 9.17) is 9.47 Å². The van der Waals surface area contributed by atoms with Gasteiger partial charge in [0.15, 0.2) is 5.60 Å². The number of aliphatic hydroxyl groups is 1. The lowest BCUT2D eigenvalue weighted by molar-refractivity contribution is -0.146. The first kappa shape index (κ1) is 39.7. The van der Waals surface area contributed by atoms with E-state index >= 15 is 4.79 Å². The Morgan fingerprint density at radius 2 is 1.58 bits per heavy atom. The predicted molar refractivity (Wildman–Crippen MR) is 244 cm³/mol. The number of benzene rings is 6. The van der Waals surface area contributed by atoms with E-state index in [1.807, 2.05) is 137 Å². The maximum atomic E-state index is 15.5. The number of hydrogen-bond donors (Lipinski definition) is 1. The molecule has 1 saturated heterocycles. The van der Waals surface area contributed by atoms with Crippen LogP contribution in [-0.4, -0.2) is 59.8 Å². The second-order valence-electron chi connectivity index (χ2n) is 17.4. The zero-order chi connectivity index (χ0) is 42.8. The van der Waals surface area contributed by atoms with Crippen molar-refractivity contribution in [1.82, 2.24) is 15.0 Å². The number of amides is 2. The van der Waals surface area contributed by atoms with Crippen LogP contribution in [0.1, 0.15) is 52.0 Å². The SMILES string of the molecule is COc1ccc([Si](C)(C)[C@H]2[C@H](CCn3cc(C(CO)c4ccccc4)nn3)O[C@@]3(C(=O)N(Cc4cccc(N5C(=O)c6cccc7cccc5c67)c4)c4ccccc43)[C@@H]2C)cc1. The fourth-order valence-corrected chi connectivity index (χ4v) is 14.8. The van der Waals surface area contributed by atoms with E-state index in [2.05, 4.69) is 48.5 Å². The summed E-state index contributed by atoms with van der Waals surface area (Å²) in [5.41, 5.74) is 5.45. The Morgan fingerprint density at radius 3 is 2.35 bits per heavy atom. The van der Waals surface area contributed by atoms with Gasteiger partial charge in [-0.25, -0.2) is 0 Å². The Morgan fingerprint density at radius 1 is 0.855 bits per heavy atom. The summed E-state index contributed by atoms with van der Waals surface area (Å²) < 4.78 is 14.8. The highest BCUT2D eigenvalue weighted by atomic mass is 28.3. The van der Waals surface area contributed by atoms with Crippen molar-refractivity contribution in [2.24, 2.45) is 5.92 Å². The predicted octanol–water partition coefficient (Wildman–Crippen LogP) is 8.71. The van der Waals surface area contributed by atoms with Gasteiger partial charge in [0.2, 0.25) is 0 Å². The quantitative estimate of drug-likeness (QED) is 0.123. The molecule has 62 heavy (non-hydrogen) atoms. The van der Waals surface area contributed by atoms with Gasteiger partial charge in [-0.1, -0.05) is 127 Å². The standard InChI is InChI=1S/C51H49N5O5Si/c1-33-48(62(3,4)39-25-23-38(60-2)24-26-39)46(27-28-54-31-43(52-53-54)41(32-57)35-14-6-5-7-15-35)61-51(33)42-20-8-9-21-44(42)55(50(51)59)30-34-13-10-18-37(29-34)56-45-22-12-17-36-16-11-19-40(47(36)45)49(56)58/h5-26,29,31,33,41,46,48,57H,27-28,30,32H2,1-4H3/t33-,41?,46+,48-,51+/m1/s1. The first-order chi connectivity index (χ1) is 30.1. The first-order valence-electron chi connectivity index (χ1n) is 21.4. The topological polar surface area (TPSA) is 110 Å². The number of fused-ring (bicyclic) bond motifs is 2. The van der Waals surface area contributed by atoms with Crippen molar-refractivity contribution in [3.05, 3.63) is 174 Å². The van der Waals surface area contributed by atoms with Crippen LogP contribution in [0.15, 0.2) is 146 Å². The highest BCUT2D eigenvalue weighted by Crippen LogP contribution is 2.60. The number of methoxy groups -OCH3 is 1. The molecule has 3 aliphatic rings. The van der Waals surface area contributed by atoms with Crippen molar-refractivity contribution < 1.29 is 24.2 Å². The highest BCUT2D eigenvalue weighted by Gasteiger charge is 2.66. The van der Waals surface area contributed by atoms with E-state index in [-0.39, 0.29) is 41.9 Å². The molecule has 11 heteroatoms. The number of nitrogens with zero attached hydrogens (tertiary/aromatic N) is 5. The molecule has 312 valence electrons. The Kier molecular flexibility index (Phi) is 9.93. The molecule has 10 rings (SSSR count). The minimum Gasteiger partial charge on any atom is -0.497 e. The van der Waals surface area contributed by atoms with E-state index in [0.29, 0.717) is 30.8 Å². The fraction of sp³-hybridized carbons (Fsp3) is 0.255. The summed E-state index contributed by atoms with van der Waals surface area (Å²) in [6, 6.07) is 46.2. The molecule has 6 aromatic carbocycles. The lowest BCUT2D eigenvalue weighted by Gasteiger charge is -2.37. The van der Waals surface area contributed by atoms with Crippen LogP contribution in [0.2, 0.25) is 18.6 Å². The number of hydrogen-bond acceptors (Lipinski definition) is 7. The summed E-state index contributed by atoms with van der Waals surface area (Å²) in [6.45, 7) is 7.73. The number of carbonyl (C=O) groups is 2. The lowest BCUT2D eigenvalue weighted by Crippen LogP contribution is -2.51. The van der Waals surface area contributed by atoms with Gasteiger partial charge in [0.05, 0.1) is 63.0 Å². The van der Waals surface area contributed by atoms with Gasteiger partial charge in [0.1, 0.15) is 5.75 Å². The van der Waals surface area contributed by atoms with Crippen LogP contribution < -0.4 is 19.7 Å². The van der Waals surface area contributed by atoms with E-state index in [1.54, 1.807) is 12.0 Å². The summed E-state index contributed by atoms with van der Waals surface area (Å²) in [6.07, 6.45) is 2.25. The van der Waals surface area contributed by atoms with Gasteiger partial charge in [-0.3, -0.25) is 19.2 Å². The molecule has 1 N–H and O–H groups in total. The molecule has 1 aromatic heterocycles. The molecule has 1 fully saturated rings. The average molecular weight is 840 g/mol. The van der Waals surface area contributed by atoms with Crippen LogP contribution in [0, 0.1) is 5.92 Å². The van der Waals surface area contributed by atoms with Crippen molar-refractivity contribution in [3.63, 3.8) is 0 Å². The third-order valence-corrected chi connectivity index (χ3v) is 18.1. The second kappa shape index (κ2) is 15.5. The van der Waals surface area contributed by atoms with Crippen LogP contribution in [0.25, 0.3) is 10.8 Å². The first-order valence-corrected chi connectivity index (χ1v) is 24.5. The van der Waals surface area contributed by atoms with Gasteiger partial charge in [0.25, 0.3) is 11.8 Å². The van der Waals surface area contributed by atoms with E-state index in [1.165, 1.54) is 5.19 Å². The molecule has 0 bridgehead atoms. The number of aliphatic hydroxyl groups excluding tert-OH is 1. The lowest BCUT2D eigenvalue weighted by atomic mass is 9.82. The average Bonchev–Trinajstić information content (AvgIpc) is 4.03. The van der Waals surface area contributed by atoms with Crippen molar-refractivity contribution in [2.45, 2.75) is 62.7 Å². The van der Waals surface area contributed by atoms with Gasteiger partial charge >= 0.3 is 0 Å². The molecule has 5 atom stereocenters. The largest absolute Gasteiger partial charge is 0.497 e. The highest BCUT2D eigenvalue weighted by molar-refractivity contribution is 6.91. The Hall–Kier alpha value is -6.40. The molecule has 1 spiro atoms. The molecule has 2 amide bonds. The Bertz CT molecular complexity index is 2820. The number of carbonyl (C=O) groups excluding carboxylic acids is 2. The fourth-order valence-electron chi connectivity index (χ4n) is 10.7. The van der Waals surface area contributed by atoms with Gasteiger partial charge in [-0.2, -0.15) is 0 Å². The number of para-hydroxylation sites is 1. The van der Waals surface area contributed by atoms with Crippen molar-refractivity contribution in [1.29, 1.82) is 0 Å². The Balaban J connectivity index is 0.982. The van der Waals surface area contributed by atoms with Gasteiger partial charge in [0, 0.05) is 35.3 Å². The van der Waals surface area contributed by atoms with E-state index in [0.717, 1.165) is 50.3 Å². The summed E-state index contributed by atoms with van der Waals surface area (Å²) in [5, 5.41) is 22.6. The third kappa shape index (κ3) is 6.28. The smallest absolute Gasteiger partial charge is 0.264 e. The maximum absolute atomic E-state index is 15.5. The molecular weight excluding hydrogens is 791 g/mol. The summed E-state index contributed by atoms with van der Waals surface area (Å²) in [4.78, 5) is 33.1. The normalized spacial score (nSPS) is 21.0. The minimum absolute atomic E-state index is 0.0409. The number of aryl methyl sites for hydroxylation is 1. The van der Waals surface area contributed by atoms with Gasteiger partial charge in [-0.05, 0) is 70.9 Å². The molecule has 1 unspecified atom stereocenters. The zero-order valence-corrected chi connectivity index (χ0v) is 36.3. The van der Waals surface area contributed by atoms with Crippen LogP contribution in [0.3, 0.4) is 0 Å².